The minimum Gasteiger partial charge on any atom is -0.389 e. The van der Waals surface area contributed by atoms with Crippen LogP contribution in [-0.2, 0) is 6.54 Å². The molecule has 10 heteroatoms. The van der Waals surface area contributed by atoms with Gasteiger partial charge < -0.3 is 15.7 Å². The largest absolute Gasteiger partial charge is 0.389 e. The van der Waals surface area contributed by atoms with E-state index in [1.807, 2.05) is 24.3 Å². The van der Waals surface area contributed by atoms with Gasteiger partial charge in [-0.3, -0.25) is 9.98 Å². The summed E-state index contributed by atoms with van der Waals surface area (Å²) in [6, 6.07) is 16.4. The number of nitrogens with zero attached hydrogens (tertiary/aromatic N) is 4. The lowest BCUT2D eigenvalue weighted by Crippen LogP contribution is -2.39. The summed E-state index contributed by atoms with van der Waals surface area (Å²) < 4.78 is 29.5. The van der Waals surface area contributed by atoms with Crippen molar-refractivity contribution in [2.24, 2.45) is 9.98 Å². The third-order valence-electron chi connectivity index (χ3n) is 6.34. The van der Waals surface area contributed by atoms with Crippen molar-refractivity contribution in [2.45, 2.75) is 12.6 Å². The van der Waals surface area contributed by atoms with E-state index in [0.29, 0.717) is 46.4 Å². The summed E-state index contributed by atoms with van der Waals surface area (Å²) in [5.74, 6) is -0.319. The summed E-state index contributed by atoms with van der Waals surface area (Å²) >= 11 is 6.29. The second-order valence-electron chi connectivity index (χ2n) is 8.95. The zero-order valence-corrected chi connectivity index (χ0v) is 20.7. The molecular weight excluding hydrogens is 510 g/mol. The van der Waals surface area contributed by atoms with Gasteiger partial charge in [0.15, 0.2) is 0 Å². The molecule has 1 atom stereocenters. The van der Waals surface area contributed by atoms with Crippen LogP contribution in [0, 0.1) is 11.6 Å². The fourth-order valence-corrected chi connectivity index (χ4v) is 4.66. The predicted octanol–water partition coefficient (Wildman–Crippen LogP) is 4.88. The third-order valence-corrected chi connectivity index (χ3v) is 6.58. The number of anilines is 2. The molecular formula is C28H21ClF2N6O. The van der Waals surface area contributed by atoms with E-state index >= 15 is 0 Å². The van der Waals surface area contributed by atoms with Crippen LogP contribution in [0.25, 0.3) is 11.3 Å². The van der Waals surface area contributed by atoms with Crippen LogP contribution in [0.5, 0.6) is 0 Å². The topological polar surface area (TPSA) is 94.8 Å². The van der Waals surface area contributed by atoms with E-state index in [1.165, 1.54) is 18.2 Å². The number of aromatic nitrogens is 2. The molecule has 6 rings (SSSR count). The van der Waals surface area contributed by atoms with Crippen LogP contribution in [0.1, 0.15) is 22.3 Å². The molecule has 0 aliphatic carbocycles. The van der Waals surface area contributed by atoms with Gasteiger partial charge in [-0.2, -0.15) is 0 Å². The molecule has 0 fully saturated rings. The smallest absolute Gasteiger partial charge is 0.227 e. The molecule has 0 radical (unpaired) electrons. The average Bonchev–Trinajstić information content (AvgIpc) is 3.06. The molecule has 0 bridgehead atoms. The molecule has 3 N–H and O–H groups in total. The minimum atomic E-state index is -0.705. The van der Waals surface area contributed by atoms with Gasteiger partial charge in [0.2, 0.25) is 5.95 Å². The van der Waals surface area contributed by atoms with E-state index in [9.17, 15) is 13.9 Å². The van der Waals surface area contributed by atoms with E-state index in [1.54, 1.807) is 24.4 Å². The van der Waals surface area contributed by atoms with E-state index in [0.717, 1.165) is 17.1 Å². The first-order valence-corrected chi connectivity index (χ1v) is 12.3. The van der Waals surface area contributed by atoms with E-state index in [-0.39, 0.29) is 17.8 Å². The number of aliphatic imine (C=N–C) groups is 2. The van der Waals surface area contributed by atoms with Crippen LogP contribution >= 0.6 is 11.6 Å². The molecule has 1 unspecified atom stereocenters. The Balaban J connectivity index is 1.34. The van der Waals surface area contributed by atoms with Gasteiger partial charge in [0.1, 0.15) is 17.5 Å². The first-order valence-electron chi connectivity index (χ1n) is 11.9. The zero-order valence-electron chi connectivity index (χ0n) is 19.9. The highest BCUT2D eigenvalue weighted by atomic mass is 35.5. The zero-order chi connectivity index (χ0) is 26.2. The summed E-state index contributed by atoms with van der Waals surface area (Å²) in [6.07, 6.45) is 1.19. The summed E-state index contributed by atoms with van der Waals surface area (Å²) in [4.78, 5) is 18.1. The standard InChI is InChI=1S/C28H21ClF2N6O/c29-17-6-9-20-21(10-17)26(24-22(30)2-1-3-23(24)31)32-11-16-12-35-28(37-25(16)20)36-18-7-4-15(5-8-18)27-33-13-19(38)14-34-27/h1-10,12,19,38H,11,13-14H2,(H,33,34)(H,35,36,37). The van der Waals surface area contributed by atoms with Crippen molar-refractivity contribution in [3.05, 3.63) is 106 Å². The van der Waals surface area contributed by atoms with Gasteiger partial charge in [-0.05, 0) is 48.5 Å². The molecule has 0 amide bonds. The summed E-state index contributed by atoms with van der Waals surface area (Å²) in [7, 11) is 0. The number of fused-ring (bicyclic) bond motifs is 3. The Morgan fingerprint density at radius 2 is 1.76 bits per heavy atom. The Kier molecular flexibility index (Phi) is 6.30. The molecule has 0 saturated carbocycles. The van der Waals surface area contributed by atoms with Gasteiger partial charge in [0, 0.05) is 45.7 Å². The number of aliphatic hydroxyl groups excluding tert-OH is 1. The first-order chi connectivity index (χ1) is 18.5. The molecule has 3 aromatic carbocycles. The second kappa shape index (κ2) is 9.92. The molecule has 3 heterocycles. The minimum absolute atomic E-state index is 0.142. The Hall–Kier alpha value is -4.21. The van der Waals surface area contributed by atoms with Crippen molar-refractivity contribution in [3.63, 3.8) is 0 Å². The third kappa shape index (κ3) is 4.62. The van der Waals surface area contributed by atoms with Crippen LogP contribution < -0.4 is 10.6 Å². The van der Waals surface area contributed by atoms with Crippen molar-refractivity contribution in [3.8, 4) is 11.3 Å². The highest BCUT2D eigenvalue weighted by molar-refractivity contribution is 6.31. The summed E-state index contributed by atoms with van der Waals surface area (Å²) in [5.41, 5.74) is 4.08. The predicted molar refractivity (Wildman–Crippen MR) is 143 cm³/mol. The monoisotopic (exact) mass is 530 g/mol. The molecule has 4 aromatic rings. The van der Waals surface area contributed by atoms with E-state index < -0.39 is 17.7 Å². The van der Waals surface area contributed by atoms with Gasteiger partial charge in [-0.25, -0.2) is 18.7 Å². The molecule has 7 nitrogen and oxygen atoms in total. The Bertz CT molecular complexity index is 1590. The van der Waals surface area contributed by atoms with Gasteiger partial charge in [-0.1, -0.05) is 23.7 Å². The van der Waals surface area contributed by atoms with E-state index in [4.69, 9.17) is 16.6 Å². The average molecular weight is 531 g/mol. The first kappa shape index (κ1) is 24.1. The maximum absolute atomic E-state index is 14.7. The number of amidine groups is 1. The lowest BCUT2D eigenvalue weighted by molar-refractivity contribution is 0.181. The molecule has 2 aliphatic heterocycles. The summed E-state index contributed by atoms with van der Waals surface area (Å²) in [5, 5.41) is 16.4. The Labute approximate surface area is 222 Å². The van der Waals surface area contributed by atoms with Crippen molar-refractivity contribution >= 4 is 34.8 Å². The maximum Gasteiger partial charge on any atom is 0.227 e. The number of β-amino-alcohol motifs (C(OH)–C–C–N with tert-alkyl or cyclic N) is 1. The molecule has 0 spiro atoms. The Morgan fingerprint density at radius 1 is 0.974 bits per heavy atom. The number of hydrogen-bond acceptors (Lipinski definition) is 7. The number of hydrogen-bond donors (Lipinski definition) is 3. The van der Waals surface area contributed by atoms with Crippen LogP contribution in [-0.4, -0.2) is 45.8 Å². The SMILES string of the molecule is OC1CN=C(c2ccc(Nc3ncc4c(n3)-c3ccc(Cl)cc3C(c3c(F)cccc3F)=NC4)cc2)NC1. The molecule has 38 heavy (non-hydrogen) atoms. The van der Waals surface area contributed by atoms with Crippen molar-refractivity contribution < 1.29 is 13.9 Å². The van der Waals surface area contributed by atoms with Crippen LogP contribution in [0.2, 0.25) is 5.02 Å². The van der Waals surface area contributed by atoms with Gasteiger partial charge in [0.25, 0.3) is 0 Å². The fourth-order valence-electron chi connectivity index (χ4n) is 4.49. The number of benzene rings is 3. The van der Waals surface area contributed by atoms with Crippen LogP contribution in [0.15, 0.2) is 76.8 Å². The number of rotatable bonds is 4. The van der Waals surface area contributed by atoms with E-state index in [2.05, 4.69) is 25.6 Å². The van der Waals surface area contributed by atoms with Gasteiger partial charge in [0.05, 0.1) is 36.2 Å². The molecule has 1 aromatic heterocycles. The molecule has 2 aliphatic rings. The number of halogens is 3. The lowest BCUT2D eigenvalue weighted by Gasteiger charge is -2.19. The number of nitrogens with one attached hydrogen (secondary N) is 2. The highest BCUT2D eigenvalue weighted by Gasteiger charge is 2.25. The maximum atomic E-state index is 14.7. The molecule has 190 valence electrons. The van der Waals surface area contributed by atoms with Crippen molar-refractivity contribution in [1.29, 1.82) is 0 Å². The van der Waals surface area contributed by atoms with Crippen LogP contribution in [0.3, 0.4) is 0 Å². The fraction of sp³-hybridized carbons (Fsp3) is 0.143. The summed E-state index contributed by atoms with van der Waals surface area (Å²) in [6.45, 7) is 0.972. The highest BCUT2D eigenvalue weighted by Crippen LogP contribution is 2.34. The number of aliphatic hydroxyl groups is 1. The second-order valence-corrected chi connectivity index (χ2v) is 9.38. The molecule has 0 saturated heterocycles. The van der Waals surface area contributed by atoms with Crippen LogP contribution in [0.4, 0.5) is 20.4 Å². The normalized spacial score (nSPS) is 16.4. The van der Waals surface area contributed by atoms with Crippen molar-refractivity contribution in [2.75, 3.05) is 18.4 Å². The van der Waals surface area contributed by atoms with Gasteiger partial charge >= 0.3 is 0 Å². The Morgan fingerprint density at radius 3 is 2.50 bits per heavy atom. The quantitative estimate of drug-likeness (QED) is 0.349. The van der Waals surface area contributed by atoms with Gasteiger partial charge in [-0.15, -0.1) is 0 Å². The van der Waals surface area contributed by atoms with Crippen molar-refractivity contribution in [1.82, 2.24) is 15.3 Å². The lowest BCUT2D eigenvalue weighted by atomic mass is 9.95.